The molecule has 0 radical (unpaired) electrons. The Morgan fingerprint density at radius 3 is 2.43 bits per heavy atom. The largest absolute Gasteiger partial charge is 0.355 e. The standard InChI is InChI=1S/C12H15BrF2N2O3S/c1-7(2)12(18)16-3-4-17-21(19,20)11-9(13)5-8(14)6-10(11)15/h5-7,17H,3-4H2,1-2H3,(H,16,18). The predicted octanol–water partition coefficient (Wildman–Crippen LogP) is 1.78. The van der Waals surface area contributed by atoms with Gasteiger partial charge >= 0.3 is 0 Å². The van der Waals surface area contributed by atoms with Gasteiger partial charge in [-0.15, -0.1) is 0 Å². The van der Waals surface area contributed by atoms with Gasteiger partial charge < -0.3 is 5.32 Å². The van der Waals surface area contributed by atoms with E-state index >= 15 is 0 Å². The van der Waals surface area contributed by atoms with Crippen LogP contribution < -0.4 is 10.0 Å². The number of hydrogen-bond donors (Lipinski definition) is 2. The number of halogens is 3. The number of amides is 1. The summed E-state index contributed by atoms with van der Waals surface area (Å²) in [6, 6.07) is 1.35. The van der Waals surface area contributed by atoms with Crippen LogP contribution in [-0.4, -0.2) is 27.4 Å². The van der Waals surface area contributed by atoms with Gasteiger partial charge in [0.25, 0.3) is 0 Å². The summed E-state index contributed by atoms with van der Waals surface area (Å²) in [7, 11) is -4.15. The third-order valence-corrected chi connectivity index (χ3v) is 4.90. The van der Waals surface area contributed by atoms with Crippen molar-refractivity contribution in [2.75, 3.05) is 13.1 Å². The van der Waals surface area contributed by atoms with Crippen molar-refractivity contribution in [2.24, 2.45) is 5.92 Å². The van der Waals surface area contributed by atoms with Gasteiger partial charge in [0.15, 0.2) is 0 Å². The summed E-state index contributed by atoms with van der Waals surface area (Å²) < 4.78 is 52.3. The highest BCUT2D eigenvalue weighted by molar-refractivity contribution is 9.10. The predicted molar refractivity (Wildman–Crippen MR) is 77.1 cm³/mol. The quantitative estimate of drug-likeness (QED) is 0.734. The fourth-order valence-corrected chi connectivity index (χ4v) is 3.63. The second-order valence-corrected chi connectivity index (χ2v) is 7.10. The Balaban J connectivity index is 2.73. The minimum Gasteiger partial charge on any atom is -0.355 e. The molecule has 0 spiro atoms. The third kappa shape index (κ3) is 5.01. The van der Waals surface area contributed by atoms with E-state index in [-0.39, 0.29) is 29.4 Å². The molecular weight excluding hydrogens is 370 g/mol. The number of rotatable bonds is 6. The van der Waals surface area contributed by atoms with Crippen LogP contribution in [0.4, 0.5) is 8.78 Å². The molecule has 0 bridgehead atoms. The lowest BCUT2D eigenvalue weighted by Crippen LogP contribution is -2.36. The highest BCUT2D eigenvalue weighted by Gasteiger charge is 2.23. The van der Waals surface area contributed by atoms with Crippen LogP contribution in [0.2, 0.25) is 0 Å². The van der Waals surface area contributed by atoms with Crippen molar-refractivity contribution in [3.63, 3.8) is 0 Å². The topological polar surface area (TPSA) is 75.3 Å². The molecule has 1 aromatic rings. The Labute approximate surface area is 130 Å². The van der Waals surface area contributed by atoms with Gasteiger partial charge in [-0.2, -0.15) is 0 Å². The zero-order valence-electron chi connectivity index (χ0n) is 11.4. The number of nitrogens with one attached hydrogen (secondary N) is 2. The maximum absolute atomic E-state index is 13.6. The minimum atomic E-state index is -4.15. The Bertz CT molecular complexity index is 612. The van der Waals surface area contributed by atoms with Crippen molar-refractivity contribution >= 4 is 31.9 Å². The first-order valence-electron chi connectivity index (χ1n) is 6.07. The molecular formula is C12H15BrF2N2O3S. The van der Waals surface area contributed by atoms with Gasteiger partial charge in [-0.05, 0) is 22.0 Å². The molecule has 118 valence electrons. The van der Waals surface area contributed by atoms with Gasteiger partial charge in [-0.25, -0.2) is 21.9 Å². The van der Waals surface area contributed by atoms with Crippen LogP contribution in [0.1, 0.15) is 13.8 Å². The molecule has 2 N–H and O–H groups in total. The molecule has 1 amide bonds. The monoisotopic (exact) mass is 384 g/mol. The third-order valence-electron chi connectivity index (χ3n) is 2.47. The van der Waals surface area contributed by atoms with E-state index in [1.807, 2.05) is 0 Å². The zero-order chi connectivity index (χ0) is 16.2. The van der Waals surface area contributed by atoms with E-state index in [1.54, 1.807) is 13.8 Å². The van der Waals surface area contributed by atoms with Crippen LogP contribution in [0.3, 0.4) is 0 Å². The molecule has 21 heavy (non-hydrogen) atoms. The second-order valence-electron chi connectivity index (χ2n) is 4.54. The number of carbonyl (C=O) groups excluding carboxylic acids is 1. The van der Waals surface area contributed by atoms with Gasteiger partial charge in [-0.1, -0.05) is 13.8 Å². The second kappa shape index (κ2) is 7.28. The van der Waals surface area contributed by atoms with Crippen molar-refractivity contribution < 1.29 is 22.0 Å². The van der Waals surface area contributed by atoms with Gasteiger partial charge in [0.1, 0.15) is 16.5 Å². The highest BCUT2D eigenvalue weighted by atomic mass is 79.9. The summed E-state index contributed by atoms with van der Waals surface area (Å²) in [5, 5.41) is 2.51. The average molecular weight is 385 g/mol. The number of hydrogen-bond acceptors (Lipinski definition) is 3. The molecule has 0 aliphatic carbocycles. The molecule has 0 atom stereocenters. The summed E-state index contributed by atoms with van der Waals surface area (Å²) >= 11 is 2.82. The first kappa shape index (κ1) is 18.0. The molecule has 0 unspecified atom stereocenters. The van der Waals surface area contributed by atoms with Gasteiger partial charge in [0.2, 0.25) is 15.9 Å². The fourth-order valence-electron chi connectivity index (χ4n) is 1.43. The van der Waals surface area contributed by atoms with Gasteiger partial charge in [0, 0.05) is 29.5 Å². The van der Waals surface area contributed by atoms with Gasteiger partial charge in [0.05, 0.1) is 0 Å². The van der Waals surface area contributed by atoms with E-state index in [0.29, 0.717) is 6.07 Å². The van der Waals surface area contributed by atoms with Crippen molar-refractivity contribution in [3.8, 4) is 0 Å². The molecule has 1 aromatic carbocycles. The van der Waals surface area contributed by atoms with Crippen LogP contribution in [0.5, 0.6) is 0 Å². The Kier molecular flexibility index (Phi) is 6.24. The minimum absolute atomic E-state index is 0.0661. The molecule has 1 rings (SSSR count). The van der Waals surface area contributed by atoms with Gasteiger partial charge in [-0.3, -0.25) is 4.79 Å². The molecule has 0 saturated heterocycles. The van der Waals surface area contributed by atoms with Crippen LogP contribution in [0, 0.1) is 17.6 Å². The number of sulfonamides is 1. The lowest BCUT2D eigenvalue weighted by molar-refractivity contribution is -0.123. The summed E-state index contributed by atoms with van der Waals surface area (Å²) in [6.07, 6.45) is 0. The van der Waals surface area contributed by atoms with Crippen LogP contribution in [0.25, 0.3) is 0 Å². The fraction of sp³-hybridized carbons (Fsp3) is 0.417. The van der Waals surface area contributed by atoms with E-state index in [2.05, 4.69) is 26.0 Å². The lowest BCUT2D eigenvalue weighted by atomic mass is 10.2. The molecule has 0 aromatic heterocycles. The SMILES string of the molecule is CC(C)C(=O)NCCNS(=O)(=O)c1c(F)cc(F)cc1Br. The van der Waals surface area contributed by atoms with E-state index in [9.17, 15) is 22.0 Å². The van der Waals surface area contributed by atoms with Crippen LogP contribution in [-0.2, 0) is 14.8 Å². The molecule has 5 nitrogen and oxygen atoms in total. The molecule has 0 heterocycles. The maximum atomic E-state index is 13.6. The summed E-state index contributed by atoms with van der Waals surface area (Å²) in [5.74, 6) is -2.52. The maximum Gasteiger partial charge on any atom is 0.244 e. The first-order valence-corrected chi connectivity index (χ1v) is 8.34. The van der Waals surface area contributed by atoms with Crippen LogP contribution >= 0.6 is 15.9 Å². The molecule has 0 aliphatic rings. The summed E-state index contributed by atoms with van der Waals surface area (Å²) in [4.78, 5) is 10.6. The summed E-state index contributed by atoms with van der Waals surface area (Å²) in [6.45, 7) is 3.36. The molecule has 0 aliphatic heterocycles. The smallest absolute Gasteiger partial charge is 0.244 e. The Hall–Kier alpha value is -1.06. The average Bonchev–Trinajstić information content (AvgIpc) is 2.32. The lowest BCUT2D eigenvalue weighted by Gasteiger charge is -2.11. The normalized spacial score (nSPS) is 11.7. The number of carbonyl (C=O) groups is 1. The molecule has 9 heteroatoms. The highest BCUT2D eigenvalue weighted by Crippen LogP contribution is 2.25. The van der Waals surface area contributed by atoms with E-state index in [4.69, 9.17) is 0 Å². The van der Waals surface area contributed by atoms with E-state index in [0.717, 1.165) is 6.07 Å². The van der Waals surface area contributed by atoms with Crippen molar-refractivity contribution in [1.82, 2.24) is 10.0 Å². The van der Waals surface area contributed by atoms with Crippen molar-refractivity contribution in [3.05, 3.63) is 28.2 Å². The Morgan fingerprint density at radius 2 is 1.90 bits per heavy atom. The molecule has 0 fully saturated rings. The first-order chi connectivity index (χ1) is 9.65. The van der Waals surface area contributed by atoms with E-state index in [1.165, 1.54) is 0 Å². The Morgan fingerprint density at radius 1 is 1.29 bits per heavy atom. The van der Waals surface area contributed by atoms with Crippen molar-refractivity contribution in [2.45, 2.75) is 18.7 Å². The molecule has 0 saturated carbocycles. The van der Waals surface area contributed by atoms with Crippen LogP contribution in [0.15, 0.2) is 21.5 Å². The van der Waals surface area contributed by atoms with E-state index < -0.39 is 26.6 Å². The number of benzene rings is 1. The van der Waals surface area contributed by atoms with Crippen molar-refractivity contribution in [1.29, 1.82) is 0 Å². The zero-order valence-corrected chi connectivity index (χ0v) is 13.8. The summed E-state index contributed by atoms with van der Waals surface area (Å²) in [5.41, 5.74) is 0.